The zero-order valence-electron chi connectivity index (χ0n) is 11.2. The summed E-state index contributed by atoms with van der Waals surface area (Å²) < 4.78 is 0. The second-order valence-corrected chi connectivity index (χ2v) is 6.36. The Morgan fingerprint density at radius 3 is 2.75 bits per heavy atom. The van der Waals surface area contributed by atoms with Gasteiger partial charge in [-0.15, -0.1) is 11.3 Å². The zero-order valence-corrected chi connectivity index (χ0v) is 12.0. The molecular weight excluding hydrogens is 270 g/mol. The topological polar surface area (TPSA) is 40.5 Å². The van der Waals surface area contributed by atoms with E-state index in [0.717, 1.165) is 19.5 Å². The van der Waals surface area contributed by atoms with E-state index in [1.54, 1.807) is 11.3 Å². The average Bonchev–Trinajstić information content (AvgIpc) is 3.10. The van der Waals surface area contributed by atoms with Crippen LogP contribution in [0.5, 0.6) is 0 Å². The van der Waals surface area contributed by atoms with Gasteiger partial charge in [-0.2, -0.15) is 0 Å². The lowest BCUT2D eigenvalue weighted by Crippen LogP contribution is -2.22. The highest BCUT2D eigenvalue weighted by Crippen LogP contribution is 2.29. The number of carbonyl (C=O) groups is 1. The molecule has 0 bridgehead atoms. The van der Waals surface area contributed by atoms with Crippen LogP contribution in [0.15, 0.2) is 42.5 Å². The normalized spacial score (nSPS) is 19.3. The molecule has 4 heteroatoms. The Hall–Kier alpha value is -1.65. The summed E-state index contributed by atoms with van der Waals surface area (Å²) in [4.78, 5) is 15.8. The molecule has 20 heavy (non-hydrogen) atoms. The summed E-state index contributed by atoms with van der Waals surface area (Å²) in [5.74, 6) is -0.854. The smallest absolute Gasteiger partial charge is 0.307 e. The summed E-state index contributed by atoms with van der Waals surface area (Å²) in [6, 6.07) is 14.7. The summed E-state index contributed by atoms with van der Waals surface area (Å²) in [6.07, 6.45) is 0.770. The van der Waals surface area contributed by atoms with Gasteiger partial charge in [0.2, 0.25) is 0 Å². The molecule has 1 aliphatic rings. The number of hydrogen-bond donors (Lipinski definition) is 1. The van der Waals surface area contributed by atoms with Gasteiger partial charge in [0, 0.05) is 22.8 Å². The van der Waals surface area contributed by atoms with Crippen molar-refractivity contribution in [1.29, 1.82) is 0 Å². The van der Waals surface area contributed by atoms with E-state index in [0.29, 0.717) is 6.54 Å². The fraction of sp³-hybridized carbons (Fsp3) is 0.312. The molecule has 0 saturated carbocycles. The van der Waals surface area contributed by atoms with Gasteiger partial charge in [-0.25, -0.2) is 0 Å². The van der Waals surface area contributed by atoms with Crippen molar-refractivity contribution in [1.82, 2.24) is 4.90 Å². The molecule has 2 heterocycles. The van der Waals surface area contributed by atoms with Crippen LogP contribution in [0.3, 0.4) is 0 Å². The minimum absolute atomic E-state index is 0.191. The predicted octanol–water partition coefficient (Wildman–Crippen LogP) is 3.32. The molecule has 2 aromatic rings. The molecule has 1 saturated heterocycles. The highest BCUT2D eigenvalue weighted by atomic mass is 32.1. The Bertz CT molecular complexity index is 594. The molecule has 1 fully saturated rings. The van der Waals surface area contributed by atoms with Gasteiger partial charge in [-0.1, -0.05) is 30.3 Å². The second-order valence-electron chi connectivity index (χ2n) is 5.19. The van der Waals surface area contributed by atoms with Gasteiger partial charge in [0.25, 0.3) is 0 Å². The van der Waals surface area contributed by atoms with Crippen LogP contribution < -0.4 is 0 Å². The first-order valence-corrected chi connectivity index (χ1v) is 7.63. The number of benzene rings is 1. The number of likely N-dealkylation sites (tertiary alicyclic amines) is 1. The van der Waals surface area contributed by atoms with Crippen LogP contribution in [0.25, 0.3) is 10.4 Å². The number of carboxylic acid groups (broad SMARTS) is 1. The van der Waals surface area contributed by atoms with Gasteiger partial charge in [0.15, 0.2) is 0 Å². The molecule has 0 radical (unpaired) electrons. The third-order valence-electron chi connectivity index (χ3n) is 3.72. The van der Waals surface area contributed by atoms with E-state index in [2.05, 4.69) is 29.2 Å². The molecule has 1 atom stereocenters. The summed E-state index contributed by atoms with van der Waals surface area (Å²) in [7, 11) is 0. The summed E-state index contributed by atoms with van der Waals surface area (Å²) in [6.45, 7) is 2.42. The monoisotopic (exact) mass is 287 g/mol. The van der Waals surface area contributed by atoms with Crippen LogP contribution >= 0.6 is 11.3 Å². The Kier molecular flexibility index (Phi) is 3.85. The molecule has 1 aliphatic heterocycles. The van der Waals surface area contributed by atoms with Crippen LogP contribution in [-0.4, -0.2) is 29.1 Å². The molecule has 3 nitrogen and oxygen atoms in total. The summed E-state index contributed by atoms with van der Waals surface area (Å²) in [5.41, 5.74) is 1.24. The first-order valence-electron chi connectivity index (χ1n) is 6.81. The molecule has 1 aromatic heterocycles. The first-order chi connectivity index (χ1) is 9.72. The minimum Gasteiger partial charge on any atom is -0.481 e. The molecule has 1 aromatic carbocycles. The molecule has 1 N–H and O–H groups in total. The van der Waals surface area contributed by atoms with Crippen LogP contribution in [0.4, 0.5) is 0 Å². The van der Waals surface area contributed by atoms with Crippen LogP contribution in [0.1, 0.15) is 11.3 Å². The summed E-state index contributed by atoms with van der Waals surface area (Å²) in [5, 5.41) is 9.03. The lowest BCUT2D eigenvalue weighted by atomic mass is 10.1. The van der Waals surface area contributed by atoms with Crippen molar-refractivity contribution in [3.63, 3.8) is 0 Å². The average molecular weight is 287 g/mol. The molecule has 0 spiro atoms. The molecule has 0 aliphatic carbocycles. The number of nitrogens with zero attached hydrogens (tertiary/aromatic N) is 1. The van der Waals surface area contributed by atoms with Crippen molar-refractivity contribution in [2.45, 2.75) is 13.0 Å². The Balaban J connectivity index is 1.65. The predicted molar refractivity (Wildman–Crippen MR) is 80.8 cm³/mol. The fourth-order valence-electron chi connectivity index (χ4n) is 2.62. The zero-order chi connectivity index (χ0) is 13.9. The number of aliphatic carboxylic acids is 1. The van der Waals surface area contributed by atoms with E-state index in [4.69, 9.17) is 5.11 Å². The van der Waals surface area contributed by atoms with Crippen LogP contribution in [0, 0.1) is 5.92 Å². The maximum Gasteiger partial charge on any atom is 0.307 e. The van der Waals surface area contributed by atoms with E-state index < -0.39 is 5.97 Å². The third-order valence-corrected chi connectivity index (χ3v) is 4.84. The molecule has 0 amide bonds. The van der Waals surface area contributed by atoms with Crippen molar-refractivity contribution in [3.05, 3.63) is 47.3 Å². The van der Waals surface area contributed by atoms with Crippen molar-refractivity contribution in [3.8, 4) is 10.4 Å². The molecule has 1 unspecified atom stereocenters. The highest BCUT2D eigenvalue weighted by molar-refractivity contribution is 7.15. The lowest BCUT2D eigenvalue weighted by Gasteiger charge is -2.13. The fourth-order valence-corrected chi connectivity index (χ4v) is 3.67. The quantitative estimate of drug-likeness (QED) is 0.937. The van der Waals surface area contributed by atoms with E-state index in [9.17, 15) is 4.79 Å². The van der Waals surface area contributed by atoms with E-state index in [1.165, 1.54) is 15.3 Å². The molecular formula is C16H17NO2S. The van der Waals surface area contributed by atoms with Crippen molar-refractivity contribution < 1.29 is 9.90 Å². The second kappa shape index (κ2) is 5.77. The van der Waals surface area contributed by atoms with Gasteiger partial charge < -0.3 is 5.11 Å². The summed E-state index contributed by atoms with van der Waals surface area (Å²) >= 11 is 1.79. The Morgan fingerprint density at radius 1 is 1.25 bits per heavy atom. The highest BCUT2D eigenvalue weighted by Gasteiger charge is 2.27. The SMILES string of the molecule is O=C(O)C1CCN(Cc2ccc(-c3ccccc3)s2)C1. The van der Waals surface area contributed by atoms with Gasteiger partial charge >= 0.3 is 5.97 Å². The maximum absolute atomic E-state index is 11.0. The van der Waals surface area contributed by atoms with E-state index in [-0.39, 0.29) is 5.92 Å². The van der Waals surface area contributed by atoms with Gasteiger partial charge in [-0.05, 0) is 30.7 Å². The number of hydrogen-bond acceptors (Lipinski definition) is 3. The van der Waals surface area contributed by atoms with Crippen LogP contribution in [0.2, 0.25) is 0 Å². The standard InChI is InChI=1S/C16H17NO2S/c18-16(19)13-8-9-17(10-13)11-14-6-7-15(20-14)12-4-2-1-3-5-12/h1-7,13H,8-11H2,(H,18,19). The third kappa shape index (κ3) is 2.92. The first kappa shape index (κ1) is 13.3. The molecule has 3 rings (SSSR count). The van der Waals surface area contributed by atoms with E-state index in [1.807, 2.05) is 18.2 Å². The maximum atomic E-state index is 11.0. The number of thiophene rings is 1. The van der Waals surface area contributed by atoms with E-state index >= 15 is 0 Å². The largest absolute Gasteiger partial charge is 0.481 e. The Labute approximate surface area is 122 Å². The molecule has 104 valence electrons. The van der Waals surface area contributed by atoms with Crippen molar-refractivity contribution in [2.75, 3.05) is 13.1 Å². The van der Waals surface area contributed by atoms with Crippen LogP contribution in [-0.2, 0) is 11.3 Å². The van der Waals surface area contributed by atoms with Crippen molar-refractivity contribution in [2.24, 2.45) is 5.92 Å². The Morgan fingerprint density at radius 2 is 2.05 bits per heavy atom. The number of rotatable bonds is 4. The van der Waals surface area contributed by atoms with Crippen molar-refractivity contribution >= 4 is 17.3 Å². The lowest BCUT2D eigenvalue weighted by molar-refractivity contribution is -0.141. The minimum atomic E-state index is -0.663. The number of carboxylic acids is 1. The van der Waals surface area contributed by atoms with Gasteiger partial charge in [-0.3, -0.25) is 9.69 Å². The van der Waals surface area contributed by atoms with Gasteiger partial charge in [0.05, 0.1) is 5.92 Å². The van der Waals surface area contributed by atoms with Gasteiger partial charge in [0.1, 0.15) is 0 Å².